The Kier molecular flexibility index (Phi) is 14.1. The van der Waals surface area contributed by atoms with Gasteiger partial charge in [-0.3, -0.25) is 0 Å². The second kappa shape index (κ2) is 18.5. The minimum Gasteiger partial charge on any atom is -0.225 e. The summed E-state index contributed by atoms with van der Waals surface area (Å²) in [5.41, 5.74) is -2.77. The van der Waals surface area contributed by atoms with Crippen LogP contribution in [-0.2, 0) is 27.3 Å². The highest BCUT2D eigenvalue weighted by atomic mass is 19.4. The smallest absolute Gasteiger partial charge is 0.225 e. The molecule has 0 spiro atoms. The van der Waals surface area contributed by atoms with Crippen LogP contribution in [0.15, 0.2) is 127 Å². The Morgan fingerprint density at radius 1 is 0.347 bits per heavy atom. The van der Waals surface area contributed by atoms with Gasteiger partial charge in [-0.2, -0.15) is 43.9 Å². The van der Waals surface area contributed by atoms with Gasteiger partial charge in [0.25, 0.3) is 5.67 Å². The molecule has 0 unspecified atom stereocenters. The maximum absolute atomic E-state index is 15.8. The molecule has 9 rings (SSSR count). The van der Waals surface area contributed by atoms with E-state index in [0.717, 1.165) is 18.2 Å². The largest absolute Gasteiger partial charge is 0.384 e. The molecule has 8 aromatic carbocycles. The van der Waals surface area contributed by atoms with Gasteiger partial charge < -0.3 is 0 Å². The molecule has 0 bridgehead atoms. The van der Waals surface area contributed by atoms with Crippen LogP contribution in [0.5, 0.6) is 0 Å². The third-order valence-electron chi connectivity index (χ3n) is 14.8. The standard InChI is InChI=1S/C22H26.C21H17F11.C21H24/c1-21(2,3)18-12-17-11-15-9-7-8-10-16(15)13-19(17)20(14-18)22(4,5)6;1-10-11-7-5-6-8-12(11)14(9-13(10)15(2,3)4)16(22)17(23,24)19(27,28)21(31,32)20(29,30)18(16,25)26;1-14(2)19-13-17(21(3,4)5)12-16-11-10-15-8-6-7-9-18(15)20(16)19/h7-14H,1-6H3;5-9H,1-4H3;6-14H,1-5H3. The van der Waals surface area contributed by atoms with Crippen molar-refractivity contribution >= 4 is 53.9 Å². The Bertz CT molecular complexity index is 3430. The molecule has 8 aromatic rings. The van der Waals surface area contributed by atoms with Gasteiger partial charge in [0.2, 0.25) is 0 Å². The minimum absolute atomic E-state index is 0.0983. The summed E-state index contributed by atoms with van der Waals surface area (Å²) in [5.74, 6) is -34.8. The molecule has 0 amide bonds. The van der Waals surface area contributed by atoms with E-state index in [4.69, 9.17) is 0 Å². The Hall–Kier alpha value is -5.71. The molecule has 0 nitrogen and oxygen atoms in total. The number of rotatable bonds is 2. The fraction of sp³-hybridized carbons (Fsp3) is 0.406. The number of halogens is 11. The summed E-state index contributed by atoms with van der Waals surface area (Å²) in [6, 6.07) is 40.8. The Balaban J connectivity index is 0.000000169. The first-order chi connectivity index (χ1) is 34.2. The van der Waals surface area contributed by atoms with Crippen LogP contribution >= 0.6 is 0 Å². The molecular formula is C64H67F11. The lowest BCUT2D eigenvalue weighted by atomic mass is 9.67. The van der Waals surface area contributed by atoms with E-state index in [1.165, 1.54) is 99.1 Å². The summed E-state index contributed by atoms with van der Waals surface area (Å²) in [6.07, 6.45) is 0. The van der Waals surface area contributed by atoms with Gasteiger partial charge in [0.1, 0.15) is 0 Å². The van der Waals surface area contributed by atoms with E-state index < -0.39 is 51.6 Å². The van der Waals surface area contributed by atoms with Crippen molar-refractivity contribution in [1.29, 1.82) is 0 Å². The molecule has 1 aliphatic rings. The average Bonchev–Trinajstić information content (AvgIpc) is 3.30. The Morgan fingerprint density at radius 2 is 0.760 bits per heavy atom. The quantitative estimate of drug-likeness (QED) is 0.0920. The molecule has 1 aliphatic carbocycles. The van der Waals surface area contributed by atoms with E-state index in [0.29, 0.717) is 12.0 Å². The fourth-order valence-electron chi connectivity index (χ4n) is 10.3. The Morgan fingerprint density at radius 3 is 1.25 bits per heavy atom. The molecular weight excluding hydrogens is 978 g/mol. The zero-order chi connectivity index (χ0) is 56.2. The van der Waals surface area contributed by atoms with Crippen LogP contribution in [0.2, 0.25) is 0 Å². The van der Waals surface area contributed by atoms with E-state index in [2.05, 4.69) is 173 Å². The van der Waals surface area contributed by atoms with Crippen molar-refractivity contribution in [3.63, 3.8) is 0 Å². The topological polar surface area (TPSA) is 0 Å². The molecule has 400 valence electrons. The van der Waals surface area contributed by atoms with Crippen molar-refractivity contribution in [3.8, 4) is 0 Å². The maximum atomic E-state index is 15.8. The molecule has 75 heavy (non-hydrogen) atoms. The van der Waals surface area contributed by atoms with Crippen LogP contribution in [0, 0.1) is 6.92 Å². The average molecular weight is 1050 g/mol. The van der Waals surface area contributed by atoms with Gasteiger partial charge in [-0.15, -0.1) is 0 Å². The van der Waals surface area contributed by atoms with Crippen LogP contribution in [0.3, 0.4) is 0 Å². The third-order valence-corrected chi connectivity index (χ3v) is 14.8. The van der Waals surface area contributed by atoms with Crippen molar-refractivity contribution in [1.82, 2.24) is 0 Å². The van der Waals surface area contributed by atoms with Gasteiger partial charge in [0.05, 0.1) is 0 Å². The van der Waals surface area contributed by atoms with Crippen molar-refractivity contribution < 1.29 is 48.3 Å². The zero-order valence-electron chi connectivity index (χ0n) is 45.4. The normalized spacial score (nSPS) is 18.0. The monoisotopic (exact) mass is 1040 g/mol. The molecule has 0 heterocycles. The number of alkyl halides is 11. The first-order valence-electron chi connectivity index (χ1n) is 25.2. The van der Waals surface area contributed by atoms with Crippen molar-refractivity contribution in [2.24, 2.45) is 0 Å². The van der Waals surface area contributed by atoms with Gasteiger partial charge in [0, 0.05) is 5.56 Å². The second-order valence-electron chi connectivity index (χ2n) is 24.7. The van der Waals surface area contributed by atoms with Crippen LogP contribution in [-0.4, -0.2) is 29.6 Å². The van der Waals surface area contributed by atoms with E-state index in [9.17, 15) is 43.9 Å². The molecule has 1 saturated carbocycles. The van der Waals surface area contributed by atoms with Crippen LogP contribution in [0.4, 0.5) is 48.3 Å². The summed E-state index contributed by atoms with van der Waals surface area (Å²) >= 11 is 0. The molecule has 0 atom stereocenters. The summed E-state index contributed by atoms with van der Waals surface area (Å²) in [5, 5.41) is 9.91. The van der Waals surface area contributed by atoms with Gasteiger partial charge in [0.15, 0.2) is 0 Å². The molecule has 0 saturated heterocycles. The van der Waals surface area contributed by atoms with E-state index in [1.54, 1.807) is 0 Å². The van der Waals surface area contributed by atoms with Crippen molar-refractivity contribution in [2.75, 3.05) is 0 Å². The second-order valence-corrected chi connectivity index (χ2v) is 24.7. The summed E-state index contributed by atoms with van der Waals surface area (Å²) in [6.45, 7) is 31.0. The number of benzene rings is 8. The van der Waals surface area contributed by atoms with E-state index in [-0.39, 0.29) is 32.8 Å². The minimum atomic E-state index is -7.24. The lowest BCUT2D eigenvalue weighted by Gasteiger charge is -2.53. The molecule has 0 N–H and O–H groups in total. The molecule has 0 aliphatic heterocycles. The number of hydrogen-bond donors (Lipinski definition) is 0. The van der Waals surface area contributed by atoms with E-state index in [1.807, 2.05) is 0 Å². The van der Waals surface area contributed by atoms with Crippen molar-refractivity contribution in [3.05, 3.63) is 166 Å². The lowest BCUT2D eigenvalue weighted by Crippen LogP contribution is -2.82. The van der Waals surface area contributed by atoms with Crippen molar-refractivity contribution in [2.45, 2.75) is 167 Å². The van der Waals surface area contributed by atoms with Crippen LogP contribution < -0.4 is 0 Å². The van der Waals surface area contributed by atoms with Gasteiger partial charge in [-0.1, -0.05) is 212 Å². The predicted octanol–water partition coefficient (Wildman–Crippen LogP) is 20.8. The molecule has 1 fully saturated rings. The number of aryl methyl sites for hydroxylation is 1. The SMILES string of the molecule is CC(C)(C)c1cc(C(C)(C)C)c2cc3ccccc3cc2c1.CC(C)c1cc(C(C)(C)C)cc2ccc3ccccc3c12.Cc1c(C(C)(C)C)cc(C2(F)C(F)(F)C(F)(F)C(F)(F)C(F)(F)C2(F)F)c2ccccc12. The first-order valence-corrected chi connectivity index (χ1v) is 25.2. The zero-order valence-corrected chi connectivity index (χ0v) is 45.4. The predicted molar refractivity (Wildman–Crippen MR) is 288 cm³/mol. The number of fused-ring (bicyclic) bond motifs is 6. The molecule has 0 radical (unpaired) electrons. The first kappa shape index (κ1) is 57.0. The van der Waals surface area contributed by atoms with E-state index >= 15 is 4.39 Å². The highest BCUT2D eigenvalue weighted by Crippen LogP contribution is 2.73. The number of hydrogen-bond acceptors (Lipinski definition) is 0. The highest BCUT2D eigenvalue weighted by molar-refractivity contribution is 6.09. The van der Waals surface area contributed by atoms with Gasteiger partial charge in [-0.25, -0.2) is 4.39 Å². The summed E-state index contributed by atoms with van der Waals surface area (Å²) in [7, 11) is 0. The fourth-order valence-corrected chi connectivity index (χ4v) is 10.3. The third kappa shape index (κ3) is 9.23. The summed E-state index contributed by atoms with van der Waals surface area (Å²) in [4.78, 5) is 0. The van der Waals surface area contributed by atoms with Gasteiger partial charge >= 0.3 is 29.6 Å². The highest BCUT2D eigenvalue weighted by Gasteiger charge is 3.01. The maximum Gasteiger partial charge on any atom is 0.384 e. The van der Waals surface area contributed by atoms with Crippen LogP contribution in [0.25, 0.3) is 53.9 Å². The molecule has 0 aromatic heterocycles. The van der Waals surface area contributed by atoms with Gasteiger partial charge in [-0.05, 0) is 134 Å². The Labute approximate surface area is 433 Å². The van der Waals surface area contributed by atoms with Crippen LogP contribution in [0.1, 0.15) is 142 Å². The lowest BCUT2D eigenvalue weighted by molar-refractivity contribution is -0.489. The molecule has 11 heteroatoms. The summed E-state index contributed by atoms with van der Waals surface area (Å²) < 4.78 is 158.